The fraction of sp³-hybridized carbons (Fsp3) is 0.200. The molecular formula is C20H20NO7. The van der Waals surface area contributed by atoms with Gasteiger partial charge in [-0.1, -0.05) is 18.6 Å². The Morgan fingerprint density at radius 2 is 1.43 bits per heavy atom. The van der Waals surface area contributed by atoms with Crippen molar-refractivity contribution >= 4 is 0 Å². The highest BCUT2D eigenvalue weighted by Gasteiger charge is 2.32. The highest BCUT2D eigenvalue weighted by atomic mass is 16.5. The van der Waals surface area contributed by atoms with Gasteiger partial charge in [-0.05, 0) is 38.0 Å². The molecule has 1 heterocycles. The van der Waals surface area contributed by atoms with Gasteiger partial charge in [0.15, 0.2) is 23.0 Å². The third kappa shape index (κ3) is 2.53. The largest absolute Gasteiger partial charge is 0.507 e. The van der Waals surface area contributed by atoms with E-state index in [0.29, 0.717) is 5.56 Å². The first-order chi connectivity index (χ1) is 13.1. The molecule has 1 aromatic heterocycles. The summed E-state index contributed by atoms with van der Waals surface area (Å²) in [7, 11) is 0. The van der Waals surface area contributed by atoms with Crippen molar-refractivity contribution in [3.63, 3.8) is 0 Å². The first kappa shape index (κ1) is 19.1. The van der Waals surface area contributed by atoms with Crippen LogP contribution in [0.2, 0.25) is 0 Å². The van der Waals surface area contributed by atoms with Gasteiger partial charge in [-0.15, -0.1) is 4.73 Å². The summed E-state index contributed by atoms with van der Waals surface area (Å²) in [6, 6.07) is 4.41. The number of rotatable bonds is 3. The maximum absolute atomic E-state index is 13.0. The molecule has 147 valence electrons. The number of hydrogen-bond donors (Lipinski definition) is 6. The molecule has 0 aliphatic heterocycles. The van der Waals surface area contributed by atoms with Gasteiger partial charge in [0.05, 0.1) is 5.56 Å². The fourth-order valence-electron chi connectivity index (χ4n) is 3.43. The Hall–Kier alpha value is -3.68. The lowest BCUT2D eigenvalue weighted by Gasteiger charge is -2.16. The molecule has 0 bridgehead atoms. The van der Waals surface area contributed by atoms with Gasteiger partial charge < -0.3 is 30.6 Å². The van der Waals surface area contributed by atoms with E-state index < -0.39 is 40.1 Å². The third-order valence-corrected chi connectivity index (χ3v) is 4.88. The summed E-state index contributed by atoms with van der Waals surface area (Å²) < 4.78 is 0.178. The van der Waals surface area contributed by atoms with Crippen molar-refractivity contribution in [2.45, 2.75) is 27.2 Å². The zero-order valence-electron chi connectivity index (χ0n) is 15.5. The van der Waals surface area contributed by atoms with Crippen LogP contribution in [0, 0.1) is 13.8 Å². The van der Waals surface area contributed by atoms with E-state index in [1.165, 1.54) is 19.1 Å². The molecule has 6 N–H and O–H groups in total. The highest BCUT2D eigenvalue weighted by molar-refractivity contribution is 5.89. The summed E-state index contributed by atoms with van der Waals surface area (Å²) in [5.74, 6) is -4.06. The Bertz CT molecular complexity index is 1100. The molecular weight excluding hydrogens is 366 g/mol. The summed E-state index contributed by atoms with van der Waals surface area (Å²) in [5.41, 5.74) is 0.0688. The lowest BCUT2D eigenvalue weighted by molar-refractivity contribution is 0.0983. The smallest absolute Gasteiger partial charge is 0.201 e. The number of benzene rings is 2. The summed E-state index contributed by atoms with van der Waals surface area (Å²) >= 11 is 0. The van der Waals surface area contributed by atoms with Crippen LogP contribution in [0.25, 0.3) is 22.5 Å². The van der Waals surface area contributed by atoms with E-state index in [1.807, 2.05) is 0 Å². The van der Waals surface area contributed by atoms with Gasteiger partial charge in [-0.25, -0.2) is 0 Å². The number of aryl methyl sites for hydroxylation is 1. The molecule has 8 heteroatoms. The van der Waals surface area contributed by atoms with Crippen LogP contribution in [-0.4, -0.2) is 35.4 Å². The van der Waals surface area contributed by atoms with Gasteiger partial charge in [-0.3, -0.25) is 0 Å². The minimum atomic E-state index is -0.836. The predicted octanol–water partition coefficient (Wildman–Crippen LogP) is 3.43. The molecule has 0 amide bonds. The van der Waals surface area contributed by atoms with Crippen molar-refractivity contribution in [3.8, 4) is 57.0 Å². The average Bonchev–Trinajstić information content (AvgIpc) is 2.86. The SMILES string of the molecule is CCc1c(C)c(-c2c(O)c(O)c(-c3cc(C)ccc3O)n2[O])c(O)c(O)c1O. The van der Waals surface area contributed by atoms with Crippen LogP contribution in [-0.2, 0) is 11.6 Å². The molecule has 0 aliphatic carbocycles. The van der Waals surface area contributed by atoms with Crippen molar-refractivity contribution in [3.05, 3.63) is 34.9 Å². The Morgan fingerprint density at radius 1 is 0.821 bits per heavy atom. The summed E-state index contributed by atoms with van der Waals surface area (Å²) in [6.07, 6.45) is 0.274. The zero-order valence-corrected chi connectivity index (χ0v) is 15.5. The minimum absolute atomic E-state index is 0.00934. The number of hydrogen-bond acceptors (Lipinski definition) is 6. The third-order valence-electron chi connectivity index (χ3n) is 4.88. The second-order valence-electron chi connectivity index (χ2n) is 6.59. The highest BCUT2D eigenvalue weighted by Crippen LogP contribution is 2.54. The van der Waals surface area contributed by atoms with Crippen LogP contribution in [0.5, 0.6) is 34.5 Å². The standard InChI is InChI=1S/C20H20NO7/c1-4-10-9(3)13(17(24)20(27)16(10)23)15-19(26)18(25)14(21(15)28)11-7-8(2)5-6-12(11)22/h5-7,22-27H,4H2,1-3H3. The topological polar surface area (TPSA) is 146 Å². The maximum Gasteiger partial charge on any atom is 0.201 e. The number of aromatic nitrogens is 1. The maximum atomic E-state index is 13.0. The van der Waals surface area contributed by atoms with E-state index in [-0.39, 0.29) is 39.2 Å². The monoisotopic (exact) mass is 386 g/mol. The molecule has 0 saturated heterocycles. The van der Waals surface area contributed by atoms with Crippen LogP contribution in [0.3, 0.4) is 0 Å². The van der Waals surface area contributed by atoms with Gasteiger partial charge in [0.25, 0.3) is 0 Å². The quantitative estimate of drug-likeness (QED) is 0.380. The van der Waals surface area contributed by atoms with E-state index in [1.54, 1.807) is 19.9 Å². The van der Waals surface area contributed by atoms with Gasteiger partial charge in [0.1, 0.15) is 17.1 Å². The van der Waals surface area contributed by atoms with Crippen molar-refractivity contribution in [2.24, 2.45) is 0 Å². The van der Waals surface area contributed by atoms with E-state index in [4.69, 9.17) is 0 Å². The molecule has 0 spiro atoms. The Balaban J connectivity index is 2.42. The summed E-state index contributed by atoms with van der Waals surface area (Å²) in [6.45, 7) is 4.92. The van der Waals surface area contributed by atoms with Crippen molar-refractivity contribution < 1.29 is 35.8 Å². The molecule has 3 aromatic rings. The second kappa shape index (κ2) is 6.49. The van der Waals surface area contributed by atoms with Crippen LogP contribution in [0.4, 0.5) is 0 Å². The number of phenolic OH excluding ortho intramolecular Hbond substituents is 4. The normalized spacial score (nSPS) is 11.1. The molecule has 0 unspecified atom stereocenters. The van der Waals surface area contributed by atoms with Crippen LogP contribution < -0.4 is 0 Å². The van der Waals surface area contributed by atoms with Gasteiger partial charge in [-0.2, -0.15) is 5.21 Å². The van der Waals surface area contributed by atoms with Crippen LogP contribution in [0.15, 0.2) is 18.2 Å². The van der Waals surface area contributed by atoms with Crippen molar-refractivity contribution in [2.75, 3.05) is 0 Å². The van der Waals surface area contributed by atoms with E-state index in [9.17, 15) is 35.8 Å². The minimum Gasteiger partial charge on any atom is -0.507 e. The van der Waals surface area contributed by atoms with Gasteiger partial charge in [0.2, 0.25) is 5.75 Å². The van der Waals surface area contributed by atoms with Crippen molar-refractivity contribution in [1.82, 2.24) is 4.73 Å². The molecule has 0 aliphatic rings. The molecule has 0 saturated carbocycles. The Labute approximate surface area is 160 Å². The lowest BCUT2D eigenvalue weighted by atomic mass is 9.95. The van der Waals surface area contributed by atoms with Gasteiger partial charge in [0, 0.05) is 11.1 Å². The van der Waals surface area contributed by atoms with E-state index >= 15 is 0 Å². The number of phenols is 4. The average molecular weight is 386 g/mol. The first-order valence-corrected chi connectivity index (χ1v) is 8.52. The molecule has 0 atom stereocenters. The number of nitrogens with zero attached hydrogens (tertiary/aromatic N) is 1. The van der Waals surface area contributed by atoms with E-state index in [2.05, 4.69) is 0 Å². The fourth-order valence-corrected chi connectivity index (χ4v) is 3.43. The predicted molar refractivity (Wildman–Crippen MR) is 100 cm³/mol. The Kier molecular flexibility index (Phi) is 4.42. The van der Waals surface area contributed by atoms with Gasteiger partial charge >= 0.3 is 0 Å². The molecule has 1 radical (unpaired) electrons. The second-order valence-corrected chi connectivity index (χ2v) is 6.59. The number of aromatic hydroxyl groups is 6. The summed E-state index contributed by atoms with van der Waals surface area (Å²) in [4.78, 5) is 0. The Morgan fingerprint density at radius 3 is 2.04 bits per heavy atom. The molecule has 3 rings (SSSR count). The van der Waals surface area contributed by atoms with Crippen LogP contribution >= 0.6 is 0 Å². The van der Waals surface area contributed by atoms with E-state index in [0.717, 1.165) is 0 Å². The lowest BCUT2D eigenvalue weighted by Crippen LogP contribution is -2.00. The first-order valence-electron chi connectivity index (χ1n) is 8.52. The molecule has 28 heavy (non-hydrogen) atoms. The zero-order chi connectivity index (χ0) is 20.9. The molecule has 0 fully saturated rings. The molecule has 8 nitrogen and oxygen atoms in total. The van der Waals surface area contributed by atoms with Crippen LogP contribution in [0.1, 0.15) is 23.6 Å². The molecule has 2 aromatic carbocycles. The van der Waals surface area contributed by atoms with Crippen molar-refractivity contribution in [1.29, 1.82) is 0 Å². The summed E-state index contributed by atoms with van der Waals surface area (Å²) in [5, 5.41) is 74.4.